The van der Waals surface area contributed by atoms with Gasteiger partial charge in [0.15, 0.2) is 10.8 Å². The van der Waals surface area contributed by atoms with E-state index >= 15 is 0 Å². The van der Waals surface area contributed by atoms with E-state index in [1.165, 1.54) is 18.4 Å². The number of oxime groups is 1. The maximum Gasteiger partial charge on any atom is 0.275 e. The Labute approximate surface area is 127 Å². The molecule has 2 N–H and O–H groups in total. The highest BCUT2D eigenvalue weighted by Crippen LogP contribution is 2.15. The molecule has 1 unspecified atom stereocenters. The molecule has 0 saturated carbocycles. The van der Waals surface area contributed by atoms with Crippen LogP contribution in [-0.4, -0.2) is 36.2 Å². The molecular weight excluding hydrogens is 292 g/mol. The third kappa shape index (κ3) is 5.50. The molecule has 0 aromatic carbocycles. The van der Waals surface area contributed by atoms with Gasteiger partial charge in [0.25, 0.3) is 5.91 Å². The van der Waals surface area contributed by atoms with Gasteiger partial charge in [0.2, 0.25) is 6.41 Å². The number of aromatic nitrogens is 1. The number of hydrogen-bond acceptors (Lipinski definition) is 6. The van der Waals surface area contributed by atoms with Gasteiger partial charge in [-0.05, 0) is 19.3 Å². The van der Waals surface area contributed by atoms with Crippen LogP contribution in [0.2, 0.25) is 0 Å². The van der Waals surface area contributed by atoms with Crippen LogP contribution in [0.5, 0.6) is 0 Å². The largest absolute Gasteiger partial charge is 0.398 e. The minimum absolute atomic E-state index is 0.0192. The van der Waals surface area contributed by atoms with Gasteiger partial charge in [-0.2, -0.15) is 0 Å². The Kier molecular flexibility index (Phi) is 6.80. The SMILES string of the molecule is CO/N=C(/C(=O)NC(C)CC(C)C)c1csc(NC=O)n1. The molecule has 21 heavy (non-hydrogen) atoms. The quantitative estimate of drug-likeness (QED) is 0.433. The van der Waals surface area contributed by atoms with Crippen molar-refractivity contribution in [3.05, 3.63) is 11.1 Å². The summed E-state index contributed by atoms with van der Waals surface area (Å²) in [5.74, 6) is 0.124. The molecule has 1 rings (SSSR count). The van der Waals surface area contributed by atoms with Gasteiger partial charge in [-0.15, -0.1) is 11.3 Å². The third-order valence-electron chi connectivity index (χ3n) is 2.53. The van der Waals surface area contributed by atoms with E-state index in [1.807, 2.05) is 6.92 Å². The second-order valence-corrected chi connectivity index (χ2v) is 5.78. The molecule has 0 bridgehead atoms. The van der Waals surface area contributed by atoms with Crippen LogP contribution in [0.1, 0.15) is 32.9 Å². The average Bonchev–Trinajstić information content (AvgIpc) is 2.83. The van der Waals surface area contributed by atoms with Crippen molar-refractivity contribution in [3.63, 3.8) is 0 Å². The molecule has 7 nitrogen and oxygen atoms in total. The Balaban J connectivity index is 2.83. The first-order valence-electron chi connectivity index (χ1n) is 6.56. The third-order valence-corrected chi connectivity index (χ3v) is 3.30. The maximum atomic E-state index is 12.2. The van der Waals surface area contributed by atoms with E-state index in [-0.39, 0.29) is 17.7 Å². The summed E-state index contributed by atoms with van der Waals surface area (Å²) in [6.45, 7) is 6.11. The van der Waals surface area contributed by atoms with Crippen molar-refractivity contribution < 1.29 is 14.4 Å². The fraction of sp³-hybridized carbons (Fsp3) is 0.538. The number of nitrogens with one attached hydrogen (secondary N) is 2. The molecule has 0 aliphatic carbocycles. The summed E-state index contributed by atoms with van der Waals surface area (Å²) in [5, 5.41) is 11.1. The zero-order valence-electron chi connectivity index (χ0n) is 12.5. The molecule has 116 valence electrons. The van der Waals surface area contributed by atoms with E-state index in [4.69, 9.17) is 4.84 Å². The summed E-state index contributed by atoms with van der Waals surface area (Å²) in [5.41, 5.74) is 0.448. The predicted molar refractivity (Wildman–Crippen MR) is 82.4 cm³/mol. The van der Waals surface area contributed by atoms with Crippen LogP contribution >= 0.6 is 11.3 Å². The summed E-state index contributed by atoms with van der Waals surface area (Å²) in [6.07, 6.45) is 1.39. The fourth-order valence-electron chi connectivity index (χ4n) is 1.85. The number of anilines is 1. The lowest BCUT2D eigenvalue weighted by molar-refractivity contribution is -0.115. The zero-order chi connectivity index (χ0) is 15.8. The van der Waals surface area contributed by atoms with Crippen LogP contribution in [0.15, 0.2) is 10.5 Å². The van der Waals surface area contributed by atoms with Crippen molar-refractivity contribution in [2.45, 2.75) is 33.2 Å². The Morgan fingerprint density at radius 2 is 2.24 bits per heavy atom. The first-order chi connectivity index (χ1) is 9.97. The number of carbonyl (C=O) groups is 2. The van der Waals surface area contributed by atoms with Crippen molar-refractivity contribution >= 4 is 34.5 Å². The summed E-state index contributed by atoms with van der Waals surface area (Å²) in [7, 11) is 1.36. The molecule has 8 heteroatoms. The maximum absolute atomic E-state index is 12.2. The van der Waals surface area contributed by atoms with Crippen molar-refractivity contribution in [2.24, 2.45) is 11.1 Å². The summed E-state index contributed by atoms with van der Waals surface area (Å²) < 4.78 is 0. The molecule has 0 fully saturated rings. The molecule has 1 aromatic heterocycles. The Morgan fingerprint density at radius 3 is 2.81 bits per heavy atom. The minimum Gasteiger partial charge on any atom is -0.398 e. The van der Waals surface area contributed by atoms with Crippen LogP contribution in [0.3, 0.4) is 0 Å². The Morgan fingerprint density at radius 1 is 1.52 bits per heavy atom. The van der Waals surface area contributed by atoms with Gasteiger partial charge in [0.1, 0.15) is 12.8 Å². The van der Waals surface area contributed by atoms with Gasteiger partial charge in [-0.25, -0.2) is 4.98 Å². The second kappa shape index (κ2) is 8.35. The van der Waals surface area contributed by atoms with Gasteiger partial charge < -0.3 is 15.5 Å². The molecule has 0 aliphatic rings. The molecular formula is C13H20N4O3S. The van der Waals surface area contributed by atoms with E-state index in [1.54, 1.807) is 5.38 Å². The first-order valence-corrected chi connectivity index (χ1v) is 7.44. The van der Waals surface area contributed by atoms with E-state index in [0.29, 0.717) is 23.2 Å². The fourth-order valence-corrected chi connectivity index (χ4v) is 2.51. The van der Waals surface area contributed by atoms with Crippen LogP contribution in [0.25, 0.3) is 0 Å². The van der Waals surface area contributed by atoms with Gasteiger partial charge in [0.05, 0.1) is 0 Å². The Hall–Kier alpha value is -1.96. The molecule has 0 spiro atoms. The summed E-state index contributed by atoms with van der Waals surface area (Å²) in [4.78, 5) is 31.5. The van der Waals surface area contributed by atoms with Crippen molar-refractivity contribution in [1.29, 1.82) is 0 Å². The van der Waals surface area contributed by atoms with Crippen LogP contribution in [0.4, 0.5) is 5.13 Å². The van der Waals surface area contributed by atoms with E-state index < -0.39 is 0 Å². The van der Waals surface area contributed by atoms with Crippen LogP contribution in [-0.2, 0) is 14.4 Å². The second-order valence-electron chi connectivity index (χ2n) is 4.93. The van der Waals surface area contributed by atoms with Gasteiger partial charge in [0, 0.05) is 11.4 Å². The van der Waals surface area contributed by atoms with E-state index in [0.717, 1.165) is 6.42 Å². The van der Waals surface area contributed by atoms with Gasteiger partial charge in [-0.3, -0.25) is 9.59 Å². The van der Waals surface area contributed by atoms with E-state index in [2.05, 4.69) is 34.6 Å². The van der Waals surface area contributed by atoms with E-state index in [9.17, 15) is 9.59 Å². The molecule has 0 aliphatic heterocycles. The van der Waals surface area contributed by atoms with Gasteiger partial charge >= 0.3 is 0 Å². The van der Waals surface area contributed by atoms with Crippen LogP contribution in [0, 0.1) is 5.92 Å². The van der Waals surface area contributed by atoms with Crippen molar-refractivity contribution in [2.75, 3.05) is 12.4 Å². The van der Waals surface area contributed by atoms with Crippen molar-refractivity contribution in [1.82, 2.24) is 10.3 Å². The molecule has 2 amide bonds. The summed E-state index contributed by atoms with van der Waals surface area (Å²) in [6, 6.07) is 0.0192. The first kappa shape index (κ1) is 17.1. The lowest BCUT2D eigenvalue weighted by Crippen LogP contribution is -2.39. The molecule has 0 saturated heterocycles. The average molecular weight is 312 g/mol. The number of rotatable bonds is 8. The number of thiazole rings is 1. The molecule has 1 atom stereocenters. The Bertz CT molecular complexity index is 513. The zero-order valence-corrected chi connectivity index (χ0v) is 13.4. The molecule has 0 radical (unpaired) electrons. The highest BCUT2D eigenvalue weighted by Gasteiger charge is 2.20. The minimum atomic E-state index is -0.354. The number of amides is 2. The van der Waals surface area contributed by atoms with Gasteiger partial charge in [-0.1, -0.05) is 19.0 Å². The standard InChI is InChI=1S/C13H20N4O3S/c1-8(2)5-9(3)15-12(19)11(17-20-4)10-6-21-13(16-10)14-7-18/h6-9H,5H2,1-4H3,(H,15,19)(H,14,16,18)/b17-11+. The number of carbonyl (C=O) groups excluding carboxylic acids is 2. The lowest BCUT2D eigenvalue weighted by atomic mass is 10.1. The normalized spacial score (nSPS) is 12.9. The monoisotopic (exact) mass is 312 g/mol. The number of nitrogens with zero attached hydrogens (tertiary/aromatic N) is 2. The molecule has 1 aromatic rings. The van der Waals surface area contributed by atoms with Crippen LogP contribution < -0.4 is 10.6 Å². The predicted octanol–water partition coefficient (Wildman–Crippen LogP) is 1.61. The van der Waals surface area contributed by atoms with Crippen molar-refractivity contribution in [3.8, 4) is 0 Å². The topological polar surface area (TPSA) is 92.7 Å². The molecule has 1 heterocycles. The highest BCUT2D eigenvalue weighted by atomic mass is 32.1. The highest BCUT2D eigenvalue weighted by molar-refractivity contribution is 7.14. The smallest absolute Gasteiger partial charge is 0.275 e. The number of hydrogen-bond donors (Lipinski definition) is 2. The summed E-state index contributed by atoms with van der Waals surface area (Å²) >= 11 is 1.21. The lowest BCUT2D eigenvalue weighted by Gasteiger charge is -2.15.